The molecule has 0 spiro atoms. The van der Waals surface area contributed by atoms with E-state index in [0.29, 0.717) is 12.1 Å². The van der Waals surface area contributed by atoms with Crippen LogP contribution in [0.15, 0.2) is 16.9 Å². The maximum Gasteiger partial charge on any atom is 0.334 e. The van der Waals surface area contributed by atoms with Crippen LogP contribution in [-0.2, 0) is 0 Å². The van der Waals surface area contributed by atoms with E-state index in [4.69, 9.17) is 0 Å². The van der Waals surface area contributed by atoms with E-state index in [1.165, 1.54) is 0 Å². The number of nitrogens with zero attached hydrogens (tertiary/aromatic N) is 1. The highest BCUT2D eigenvalue weighted by Gasteiger charge is 2.06. The Morgan fingerprint density at radius 2 is 2.18 bits per heavy atom. The van der Waals surface area contributed by atoms with Crippen molar-refractivity contribution < 1.29 is 9.31 Å². The van der Waals surface area contributed by atoms with Gasteiger partial charge in [0.15, 0.2) is 0 Å². The predicted octanol–water partition coefficient (Wildman–Crippen LogP) is 0.422. The third kappa shape index (κ3) is 1.60. The second-order valence-electron chi connectivity index (χ2n) is 1.81. The van der Waals surface area contributed by atoms with Gasteiger partial charge in [0, 0.05) is 0 Å². The van der Waals surface area contributed by atoms with E-state index in [1.54, 1.807) is 0 Å². The third-order valence-electron chi connectivity index (χ3n) is 0.992. The molecular formula is C5H3FN2O3. The number of H-pyrrole nitrogens is 1. The molecule has 1 rings (SSSR count). The maximum absolute atomic E-state index is 12.3. The summed E-state index contributed by atoms with van der Waals surface area (Å²) in [5.74, 6) is -1.56. The van der Waals surface area contributed by atoms with E-state index < -0.39 is 22.1 Å². The van der Waals surface area contributed by atoms with Gasteiger partial charge in [0.25, 0.3) is 0 Å². The minimum Gasteiger partial charge on any atom is -0.358 e. The minimum absolute atomic E-state index is 0.632. The average molecular weight is 158 g/mol. The molecule has 0 bridgehead atoms. The Balaban J connectivity index is 3.30. The Labute approximate surface area is 59.6 Å². The van der Waals surface area contributed by atoms with Crippen molar-refractivity contribution in [3.8, 4) is 0 Å². The summed E-state index contributed by atoms with van der Waals surface area (Å²) in [7, 11) is 0. The van der Waals surface area contributed by atoms with Gasteiger partial charge in [-0.3, -0.25) is 0 Å². The molecule has 58 valence electrons. The van der Waals surface area contributed by atoms with E-state index in [9.17, 15) is 19.3 Å². The molecule has 0 aliphatic heterocycles. The van der Waals surface area contributed by atoms with E-state index in [0.717, 1.165) is 0 Å². The summed E-state index contributed by atoms with van der Waals surface area (Å²) in [5.41, 5.74) is -0.822. The molecule has 11 heavy (non-hydrogen) atoms. The van der Waals surface area contributed by atoms with Crippen LogP contribution in [0.1, 0.15) is 0 Å². The Kier molecular flexibility index (Phi) is 1.67. The smallest absolute Gasteiger partial charge is 0.334 e. The van der Waals surface area contributed by atoms with E-state index in [2.05, 4.69) is 0 Å². The lowest BCUT2D eigenvalue weighted by Crippen LogP contribution is -2.07. The van der Waals surface area contributed by atoms with Crippen LogP contribution in [0.2, 0.25) is 0 Å². The fraction of sp³-hybridized carbons (Fsp3) is 0. The van der Waals surface area contributed by atoms with Gasteiger partial charge >= 0.3 is 11.4 Å². The molecule has 1 aromatic rings. The lowest BCUT2D eigenvalue weighted by molar-refractivity contribution is -0.389. The highest BCUT2D eigenvalue weighted by Crippen LogP contribution is 2.03. The van der Waals surface area contributed by atoms with Gasteiger partial charge in [-0.2, -0.15) is 0 Å². The molecule has 0 saturated heterocycles. The van der Waals surface area contributed by atoms with E-state index >= 15 is 0 Å². The first-order chi connectivity index (χ1) is 5.09. The molecule has 1 N–H and O–H groups in total. The summed E-state index contributed by atoms with van der Waals surface area (Å²) in [5, 5.41) is 9.97. The molecule has 5 nitrogen and oxygen atoms in total. The standard InChI is InChI=1S/C5H3FN2O3/c6-3-1-4(8(10)11)7-5(9)2-3/h1-2H,(H,7,9). The number of hydrogen-bond acceptors (Lipinski definition) is 3. The minimum atomic E-state index is -0.916. The van der Waals surface area contributed by atoms with Gasteiger partial charge in [0.2, 0.25) is 0 Å². The molecule has 0 aliphatic rings. The van der Waals surface area contributed by atoms with Crippen LogP contribution in [0.25, 0.3) is 0 Å². The molecule has 0 fully saturated rings. The van der Waals surface area contributed by atoms with E-state index in [1.807, 2.05) is 4.98 Å². The number of aromatic nitrogens is 1. The number of nitro groups is 1. The van der Waals surface area contributed by atoms with Crippen LogP contribution in [0.5, 0.6) is 0 Å². The van der Waals surface area contributed by atoms with Crippen LogP contribution in [-0.4, -0.2) is 9.91 Å². The number of nitrogens with one attached hydrogen (secondary N) is 1. The Morgan fingerprint density at radius 3 is 2.64 bits per heavy atom. The van der Waals surface area contributed by atoms with Crippen molar-refractivity contribution in [2.75, 3.05) is 0 Å². The Hall–Kier alpha value is -1.72. The van der Waals surface area contributed by atoms with E-state index in [-0.39, 0.29) is 0 Å². The van der Waals surface area contributed by atoms with Gasteiger partial charge in [-0.1, -0.05) is 0 Å². The van der Waals surface area contributed by atoms with Crippen molar-refractivity contribution in [3.05, 3.63) is 38.4 Å². The summed E-state index contributed by atoms with van der Waals surface area (Å²) in [6.07, 6.45) is 0. The SMILES string of the molecule is O=c1cc(F)cc([N+](=O)[O-])[nH]1. The van der Waals surface area contributed by atoms with Crippen LogP contribution in [0, 0.1) is 15.9 Å². The zero-order valence-corrected chi connectivity index (χ0v) is 5.20. The first kappa shape index (κ1) is 7.39. The summed E-state index contributed by atoms with van der Waals surface area (Å²) in [6, 6.07) is 1.27. The zero-order valence-electron chi connectivity index (χ0n) is 5.20. The fourth-order valence-corrected chi connectivity index (χ4v) is 0.594. The average Bonchev–Trinajstić information content (AvgIpc) is 1.85. The maximum atomic E-state index is 12.3. The number of rotatable bonds is 1. The molecule has 0 radical (unpaired) electrons. The summed E-state index contributed by atoms with van der Waals surface area (Å²) in [4.78, 5) is 21.4. The van der Waals surface area contributed by atoms with Gasteiger partial charge in [-0.05, 0) is 4.92 Å². The largest absolute Gasteiger partial charge is 0.358 e. The molecule has 0 aliphatic carbocycles. The van der Waals surface area contributed by atoms with Gasteiger partial charge in [0.1, 0.15) is 5.82 Å². The van der Waals surface area contributed by atoms with Gasteiger partial charge in [0.05, 0.1) is 12.1 Å². The second-order valence-corrected chi connectivity index (χ2v) is 1.81. The second kappa shape index (κ2) is 2.49. The molecule has 1 heterocycles. The molecule has 0 aromatic carbocycles. The zero-order chi connectivity index (χ0) is 8.43. The van der Waals surface area contributed by atoms with Crippen molar-refractivity contribution >= 4 is 5.82 Å². The lowest BCUT2D eigenvalue weighted by atomic mass is 10.4. The fourth-order valence-electron chi connectivity index (χ4n) is 0.594. The number of aromatic amines is 1. The quantitative estimate of drug-likeness (QED) is 0.475. The van der Waals surface area contributed by atoms with Crippen molar-refractivity contribution in [1.29, 1.82) is 0 Å². The topological polar surface area (TPSA) is 76.0 Å². The number of pyridine rings is 1. The number of halogens is 1. The summed E-state index contributed by atoms with van der Waals surface area (Å²) >= 11 is 0. The molecule has 1 aromatic heterocycles. The highest BCUT2D eigenvalue weighted by atomic mass is 19.1. The number of hydrogen-bond donors (Lipinski definition) is 1. The van der Waals surface area contributed by atoms with Crippen LogP contribution in [0.4, 0.5) is 10.2 Å². The molecule has 6 heteroatoms. The lowest BCUT2D eigenvalue weighted by Gasteiger charge is -1.91. The van der Waals surface area contributed by atoms with Crippen molar-refractivity contribution in [3.63, 3.8) is 0 Å². The van der Waals surface area contributed by atoms with Crippen molar-refractivity contribution in [2.45, 2.75) is 0 Å². The molecule has 0 atom stereocenters. The first-order valence-corrected chi connectivity index (χ1v) is 2.64. The monoisotopic (exact) mass is 158 g/mol. The first-order valence-electron chi connectivity index (χ1n) is 2.64. The van der Waals surface area contributed by atoms with Gasteiger partial charge < -0.3 is 10.1 Å². The van der Waals surface area contributed by atoms with Crippen LogP contribution in [0.3, 0.4) is 0 Å². The highest BCUT2D eigenvalue weighted by molar-refractivity contribution is 5.18. The van der Waals surface area contributed by atoms with Crippen LogP contribution < -0.4 is 5.56 Å². The van der Waals surface area contributed by atoms with Crippen molar-refractivity contribution in [1.82, 2.24) is 4.98 Å². The van der Waals surface area contributed by atoms with Crippen LogP contribution >= 0.6 is 0 Å². The Morgan fingerprint density at radius 1 is 1.55 bits per heavy atom. The third-order valence-corrected chi connectivity index (χ3v) is 0.992. The normalized spacial score (nSPS) is 9.55. The Bertz CT molecular complexity index is 346. The summed E-state index contributed by atoms with van der Waals surface area (Å²) in [6.45, 7) is 0. The van der Waals surface area contributed by atoms with Gasteiger partial charge in [-0.25, -0.2) is 14.2 Å². The molecular weight excluding hydrogens is 155 g/mol. The summed E-state index contributed by atoms with van der Waals surface area (Å²) < 4.78 is 12.3. The van der Waals surface area contributed by atoms with Gasteiger partial charge in [-0.15, -0.1) is 0 Å². The predicted molar refractivity (Wildman–Crippen MR) is 33.7 cm³/mol. The molecule has 0 unspecified atom stereocenters. The molecule has 0 saturated carbocycles. The molecule has 0 amide bonds. The van der Waals surface area contributed by atoms with Crippen molar-refractivity contribution in [2.24, 2.45) is 0 Å².